The highest BCUT2D eigenvalue weighted by Crippen LogP contribution is 1.87. The summed E-state index contributed by atoms with van der Waals surface area (Å²) in [5, 5.41) is 11.2. The van der Waals surface area contributed by atoms with Crippen LogP contribution < -0.4 is 4.94 Å². The average Bonchev–Trinajstić information content (AvgIpc) is 2.17. The molecule has 0 aliphatic rings. The lowest BCUT2D eigenvalue weighted by molar-refractivity contribution is -0.136. The minimum absolute atomic E-state index is 0.281. The molecule has 0 atom stereocenters. The second kappa shape index (κ2) is 1.57. The maximum Gasteiger partial charge on any atom is 0.115 e. The molecule has 0 aromatic carbocycles. The van der Waals surface area contributed by atoms with Gasteiger partial charge in [0.25, 0.3) is 0 Å². The van der Waals surface area contributed by atoms with E-state index in [-0.39, 0.29) is 5.23 Å². The highest BCUT2D eigenvalue weighted by Gasteiger charge is 2.03. The summed E-state index contributed by atoms with van der Waals surface area (Å²) in [4.78, 5) is 5.55. The third-order valence-corrected chi connectivity index (χ3v) is 0.578. The van der Waals surface area contributed by atoms with E-state index in [1.807, 2.05) is 0 Å². The molecule has 0 N–H and O–H groups in total. The monoisotopic (exact) mass is 120 g/mol. The van der Waals surface area contributed by atoms with Crippen LogP contribution in [0.25, 0.3) is 0 Å². The molecule has 0 bridgehead atoms. The van der Waals surface area contributed by atoms with Crippen LogP contribution >= 0.6 is 0 Å². The zero-order valence-electron chi connectivity index (χ0n) is 4.57. The van der Waals surface area contributed by atoms with Gasteiger partial charge in [0.05, 0.1) is 7.05 Å². The van der Waals surface area contributed by atoms with E-state index in [1.54, 1.807) is 7.05 Å². The number of rotatable bonds is 2. The first-order chi connectivity index (χ1) is 3.70. The fraction of sp³-hybridized carbons (Fsp3) is 1.00. The number of hydroxylamine groups is 2. The highest BCUT2D eigenvalue weighted by molar-refractivity contribution is 4.22. The first-order valence-electron chi connectivity index (χ1n) is 2.01. The van der Waals surface area contributed by atoms with E-state index < -0.39 is 0 Å². The van der Waals surface area contributed by atoms with Crippen molar-refractivity contribution in [2.45, 2.75) is 0 Å². The summed E-state index contributed by atoms with van der Waals surface area (Å²) in [7, 11) is 2.82. The van der Waals surface area contributed by atoms with Crippen LogP contribution in [0.1, 0.15) is 0 Å². The molecule has 0 radical (unpaired) electrons. The number of nitrogens with zero attached hydrogens (tertiary/aromatic N) is 3. The summed E-state index contributed by atoms with van der Waals surface area (Å²) in [5.74, 6) is 0. The Balaban J connectivity index is 2.25. The molecule has 8 heavy (non-hydrogen) atoms. The zero-order valence-corrected chi connectivity index (χ0v) is 4.57. The standard InChI is InChI=1S/C2H6N3O3/c1-3-5(7-3)8-4(2)6/h1-2H3/q-1. The molecule has 1 rings (SSSR count). The van der Waals surface area contributed by atoms with Gasteiger partial charge in [-0.05, 0) is 0 Å². The third-order valence-electron chi connectivity index (χ3n) is 0.578. The Labute approximate surface area is 45.2 Å². The Morgan fingerprint density at radius 1 is 1.75 bits per heavy atom. The largest absolute Gasteiger partial charge is 0.751 e. The summed E-state index contributed by atoms with van der Waals surface area (Å²) >= 11 is 0. The van der Waals surface area contributed by atoms with Crippen LogP contribution in [0.4, 0.5) is 0 Å². The van der Waals surface area contributed by atoms with Crippen LogP contribution in [0.3, 0.4) is 0 Å². The summed E-state index contributed by atoms with van der Waals surface area (Å²) in [6, 6.07) is 0. The van der Waals surface area contributed by atoms with Crippen molar-refractivity contribution in [1.82, 2.24) is 15.1 Å². The molecule has 6 nitrogen and oxygen atoms in total. The lowest BCUT2D eigenvalue weighted by Gasteiger charge is -2.14. The van der Waals surface area contributed by atoms with E-state index in [1.165, 1.54) is 11.9 Å². The predicted molar refractivity (Wildman–Crippen MR) is 23.4 cm³/mol. The van der Waals surface area contributed by atoms with Gasteiger partial charge in [-0.1, -0.05) is 4.85 Å². The maximum atomic E-state index is 9.99. The maximum absolute atomic E-state index is 9.99. The van der Waals surface area contributed by atoms with E-state index in [0.717, 1.165) is 5.02 Å². The fourth-order valence-electron chi connectivity index (χ4n) is 0.249. The average molecular weight is 120 g/mol. The van der Waals surface area contributed by atoms with Crippen LogP contribution in [0.15, 0.2) is 4.63 Å². The first-order valence-corrected chi connectivity index (χ1v) is 2.01. The van der Waals surface area contributed by atoms with E-state index in [2.05, 4.69) is 9.57 Å². The van der Waals surface area contributed by atoms with Gasteiger partial charge in [-0.2, -0.15) is 5.23 Å². The van der Waals surface area contributed by atoms with Gasteiger partial charge in [0.15, 0.2) is 0 Å². The Morgan fingerprint density at radius 2 is 2.25 bits per heavy atom. The van der Waals surface area contributed by atoms with Crippen molar-refractivity contribution < 1.29 is 9.57 Å². The molecule has 0 aliphatic carbocycles. The van der Waals surface area contributed by atoms with Gasteiger partial charge >= 0.3 is 0 Å². The van der Waals surface area contributed by atoms with Gasteiger partial charge in [-0.3, -0.25) is 4.94 Å². The number of aromatic nitrogens is 2. The molecule has 48 valence electrons. The minimum Gasteiger partial charge on any atom is -0.751 e. The third kappa shape index (κ3) is 1.04. The minimum atomic E-state index is 0.281. The number of hydrogen-bond acceptors (Lipinski definition) is 4. The summed E-state index contributed by atoms with van der Waals surface area (Å²) in [6.45, 7) is 0. The van der Waals surface area contributed by atoms with Crippen LogP contribution in [0, 0.1) is 5.21 Å². The van der Waals surface area contributed by atoms with Crippen molar-refractivity contribution in [3.8, 4) is 0 Å². The molecular formula is C2H6N3O3-. The molecule has 0 saturated carbocycles. The summed E-state index contributed by atoms with van der Waals surface area (Å²) in [6.07, 6.45) is 0. The molecule has 1 aromatic heterocycles. The molecule has 6 heteroatoms. The van der Waals surface area contributed by atoms with Gasteiger partial charge in [-0.25, -0.2) is 4.63 Å². The topological polar surface area (TPSA) is 58.5 Å². The number of hydrogen-bond donors (Lipinski definition) is 0. The van der Waals surface area contributed by atoms with E-state index in [4.69, 9.17) is 0 Å². The SMILES string of the molecule is CN([O-])On1on1C. The molecule has 1 heterocycles. The van der Waals surface area contributed by atoms with E-state index >= 15 is 0 Å². The predicted octanol–water partition coefficient (Wildman–Crippen LogP) is -0.807. The van der Waals surface area contributed by atoms with Gasteiger partial charge < -0.3 is 5.21 Å². The first kappa shape index (κ1) is 5.26. The quantitative estimate of drug-likeness (QED) is 0.479. The van der Waals surface area contributed by atoms with Crippen LogP contribution in [-0.4, -0.2) is 22.1 Å². The van der Waals surface area contributed by atoms with Crippen molar-refractivity contribution in [1.29, 1.82) is 0 Å². The Morgan fingerprint density at radius 3 is 2.38 bits per heavy atom. The molecule has 0 amide bonds. The zero-order chi connectivity index (χ0) is 6.15. The molecule has 0 spiro atoms. The van der Waals surface area contributed by atoms with Gasteiger partial charge in [0.2, 0.25) is 0 Å². The van der Waals surface area contributed by atoms with E-state index in [0.29, 0.717) is 0 Å². The molecule has 0 saturated heterocycles. The second-order valence-corrected chi connectivity index (χ2v) is 1.31. The van der Waals surface area contributed by atoms with Crippen molar-refractivity contribution in [3.63, 3.8) is 0 Å². The highest BCUT2D eigenvalue weighted by atomic mass is 17.1. The van der Waals surface area contributed by atoms with Crippen molar-refractivity contribution >= 4 is 0 Å². The summed E-state index contributed by atoms with van der Waals surface area (Å²) in [5.41, 5.74) is 0. The van der Waals surface area contributed by atoms with E-state index in [9.17, 15) is 5.21 Å². The summed E-state index contributed by atoms with van der Waals surface area (Å²) < 4.78 is 4.43. The normalized spacial score (nSPS) is 11.0. The van der Waals surface area contributed by atoms with Crippen LogP contribution in [-0.2, 0) is 7.05 Å². The molecule has 0 unspecified atom stereocenters. The Bertz CT molecular complexity index is 149. The molecule has 1 aromatic rings. The molecule has 0 fully saturated rings. The van der Waals surface area contributed by atoms with Gasteiger partial charge in [-0.15, -0.1) is 0 Å². The van der Waals surface area contributed by atoms with Gasteiger partial charge in [0.1, 0.15) is 5.02 Å². The lowest BCUT2D eigenvalue weighted by Crippen LogP contribution is -2.21. The van der Waals surface area contributed by atoms with Crippen molar-refractivity contribution in [3.05, 3.63) is 5.21 Å². The van der Waals surface area contributed by atoms with Crippen LogP contribution in [0.2, 0.25) is 0 Å². The Hall–Kier alpha value is -0.880. The Kier molecular flexibility index (Phi) is 1.03. The smallest absolute Gasteiger partial charge is 0.115 e. The lowest BCUT2D eigenvalue weighted by atomic mass is 11.5. The molecular weight excluding hydrogens is 114 g/mol. The molecule has 0 aliphatic heterocycles. The van der Waals surface area contributed by atoms with Crippen molar-refractivity contribution in [2.24, 2.45) is 7.05 Å². The van der Waals surface area contributed by atoms with Gasteiger partial charge in [0, 0.05) is 7.05 Å². The second-order valence-electron chi connectivity index (χ2n) is 1.31. The fourth-order valence-corrected chi connectivity index (χ4v) is 0.249. The van der Waals surface area contributed by atoms with Crippen LogP contribution in [0.5, 0.6) is 0 Å². The van der Waals surface area contributed by atoms with Crippen molar-refractivity contribution in [2.75, 3.05) is 7.05 Å². The number of aryl methyl sites for hydroxylation is 1.